The van der Waals surface area contributed by atoms with Crippen molar-refractivity contribution >= 4 is 0 Å². The maximum absolute atomic E-state index is 2.89. The molecule has 5 aliphatic rings. The van der Waals surface area contributed by atoms with Crippen molar-refractivity contribution in [2.24, 2.45) is 23.2 Å². The van der Waals surface area contributed by atoms with E-state index in [1.54, 1.807) is 19.3 Å². The molecule has 5 rings (SSSR count). The summed E-state index contributed by atoms with van der Waals surface area (Å²) in [7, 11) is 0. The lowest BCUT2D eigenvalue weighted by Gasteiger charge is -2.58. The number of piperidine rings is 1. The van der Waals surface area contributed by atoms with Crippen LogP contribution in [0, 0.1) is 29.1 Å². The third-order valence-electron chi connectivity index (χ3n) is 6.23. The van der Waals surface area contributed by atoms with Crippen LogP contribution in [0.15, 0.2) is 0 Å². The van der Waals surface area contributed by atoms with Gasteiger partial charge in [0, 0.05) is 12.6 Å². The van der Waals surface area contributed by atoms with Crippen molar-refractivity contribution in [2.75, 3.05) is 13.1 Å². The Morgan fingerprint density at radius 1 is 1.06 bits per heavy atom. The average Bonchev–Trinajstić information content (AvgIpc) is 2.25. The number of hydrogen-bond acceptors (Lipinski definition) is 1. The highest BCUT2D eigenvalue weighted by Crippen LogP contribution is 2.56. The summed E-state index contributed by atoms with van der Waals surface area (Å²) in [6.07, 6.45) is 10.5. The molecule has 1 aliphatic heterocycles. The quantitative estimate of drug-likeness (QED) is 0.678. The summed E-state index contributed by atoms with van der Waals surface area (Å²) < 4.78 is 0. The molecule has 0 N–H and O–H groups in total. The topological polar surface area (TPSA) is 3.24 Å². The van der Waals surface area contributed by atoms with E-state index in [0.29, 0.717) is 5.41 Å². The van der Waals surface area contributed by atoms with E-state index in [0.717, 1.165) is 23.8 Å². The first-order valence-electron chi connectivity index (χ1n) is 8.19. The molecule has 1 radical (unpaired) electrons. The molecule has 4 aliphatic carbocycles. The highest BCUT2D eigenvalue weighted by molar-refractivity contribution is 5.17. The molecular formula is C17H28N. The van der Waals surface area contributed by atoms with E-state index in [9.17, 15) is 0 Å². The van der Waals surface area contributed by atoms with Crippen LogP contribution in [0.5, 0.6) is 0 Å². The molecule has 1 heterocycles. The third kappa shape index (κ3) is 1.85. The van der Waals surface area contributed by atoms with Crippen LogP contribution in [-0.2, 0) is 0 Å². The van der Waals surface area contributed by atoms with Gasteiger partial charge in [0.1, 0.15) is 0 Å². The van der Waals surface area contributed by atoms with Gasteiger partial charge in [-0.1, -0.05) is 13.8 Å². The van der Waals surface area contributed by atoms with Gasteiger partial charge >= 0.3 is 0 Å². The zero-order chi connectivity index (χ0) is 12.3. The first-order valence-corrected chi connectivity index (χ1v) is 8.19. The molecular weight excluding hydrogens is 218 g/mol. The summed E-state index contributed by atoms with van der Waals surface area (Å²) in [4.78, 5) is 2.89. The highest BCUT2D eigenvalue weighted by atomic mass is 15.2. The van der Waals surface area contributed by atoms with Crippen molar-refractivity contribution in [1.82, 2.24) is 4.90 Å². The van der Waals surface area contributed by atoms with E-state index in [1.807, 2.05) is 5.92 Å². The van der Waals surface area contributed by atoms with Crippen LogP contribution < -0.4 is 0 Å². The van der Waals surface area contributed by atoms with Gasteiger partial charge in [-0.05, 0) is 80.6 Å². The fourth-order valence-electron chi connectivity index (χ4n) is 5.87. The van der Waals surface area contributed by atoms with E-state index in [1.165, 1.54) is 38.8 Å². The van der Waals surface area contributed by atoms with Gasteiger partial charge in [-0.15, -0.1) is 0 Å². The van der Waals surface area contributed by atoms with Crippen molar-refractivity contribution in [3.05, 3.63) is 5.92 Å². The monoisotopic (exact) mass is 246 g/mol. The van der Waals surface area contributed by atoms with E-state index in [2.05, 4.69) is 18.7 Å². The maximum atomic E-state index is 2.89. The maximum Gasteiger partial charge on any atom is 0.0186 e. The zero-order valence-corrected chi connectivity index (χ0v) is 12.1. The van der Waals surface area contributed by atoms with E-state index >= 15 is 0 Å². The van der Waals surface area contributed by atoms with Gasteiger partial charge in [-0.3, -0.25) is 4.90 Å². The minimum Gasteiger partial charge on any atom is -0.299 e. The summed E-state index contributed by atoms with van der Waals surface area (Å²) in [6, 6.07) is 0.900. The van der Waals surface area contributed by atoms with Crippen LogP contribution in [0.2, 0.25) is 0 Å². The Morgan fingerprint density at radius 2 is 1.78 bits per heavy atom. The summed E-state index contributed by atoms with van der Waals surface area (Å²) >= 11 is 0. The lowest BCUT2D eigenvalue weighted by Crippen LogP contribution is -2.58. The molecule has 1 heteroatoms. The Labute approximate surface area is 112 Å². The molecule has 3 unspecified atom stereocenters. The van der Waals surface area contributed by atoms with Gasteiger partial charge in [0.05, 0.1) is 0 Å². The lowest BCUT2D eigenvalue weighted by molar-refractivity contribution is -0.0242. The molecule has 0 aromatic heterocycles. The van der Waals surface area contributed by atoms with E-state index in [4.69, 9.17) is 0 Å². The lowest BCUT2D eigenvalue weighted by atomic mass is 9.53. The van der Waals surface area contributed by atoms with Crippen LogP contribution in [0.3, 0.4) is 0 Å². The Hall–Kier alpha value is -0.0400. The number of nitrogens with zero attached hydrogens (tertiary/aromatic N) is 1. The Morgan fingerprint density at radius 3 is 2.39 bits per heavy atom. The van der Waals surface area contributed by atoms with Crippen LogP contribution in [0.25, 0.3) is 0 Å². The summed E-state index contributed by atoms with van der Waals surface area (Å²) in [6.45, 7) is 7.68. The van der Waals surface area contributed by atoms with Gasteiger partial charge in [0.25, 0.3) is 0 Å². The van der Waals surface area contributed by atoms with Crippen LogP contribution >= 0.6 is 0 Å². The van der Waals surface area contributed by atoms with Crippen molar-refractivity contribution < 1.29 is 0 Å². The molecule has 0 aromatic carbocycles. The molecule has 101 valence electrons. The Kier molecular flexibility index (Phi) is 2.60. The first-order chi connectivity index (χ1) is 8.61. The molecule has 4 bridgehead atoms. The zero-order valence-electron chi connectivity index (χ0n) is 12.1. The predicted octanol–water partition coefficient (Wildman–Crippen LogP) is 3.89. The minimum absolute atomic E-state index is 0.563. The number of likely N-dealkylation sites (tertiary alicyclic amines) is 1. The molecule has 1 saturated heterocycles. The molecule has 1 nitrogen and oxygen atoms in total. The van der Waals surface area contributed by atoms with Crippen molar-refractivity contribution in [3.63, 3.8) is 0 Å². The fraction of sp³-hybridized carbons (Fsp3) is 0.941. The molecule has 4 saturated carbocycles. The largest absolute Gasteiger partial charge is 0.299 e. The second kappa shape index (κ2) is 3.98. The standard InChI is InChI=1S/C17H28N/c1-17(2)4-3-5-18(11-17)16-14-7-12-6-13(9-14)10-15(16)8-12/h12-14,16H,3-11H2,1-2H3. The Balaban J connectivity index is 1.54. The number of rotatable bonds is 1. The molecule has 0 aromatic rings. The molecule has 0 amide bonds. The summed E-state index contributed by atoms with van der Waals surface area (Å²) in [5, 5.41) is 0. The second-order valence-corrected chi connectivity index (χ2v) is 8.45. The SMILES string of the molecule is CC1(C)CCCN(C2[C]3CC4CC(C3)CC2C4)C1. The van der Waals surface area contributed by atoms with Crippen molar-refractivity contribution in [3.8, 4) is 0 Å². The number of hydrogen-bond donors (Lipinski definition) is 0. The Bertz CT molecular complexity index is 305. The molecule has 18 heavy (non-hydrogen) atoms. The van der Waals surface area contributed by atoms with Gasteiger partial charge in [-0.25, -0.2) is 0 Å². The molecule has 5 fully saturated rings. The van der Waals surface area contributed by atoms with Crippen LogP contribution in [-0.4, -0.2) is 24.0 Å². The highest BCUT2D eigenvalue weighted by Gasteiger charge is 2.51. The second-order valence-electron chi connectivity index (χ2n) is 8.45. The smallest absolute Gasteiger partial charge is 0.0186 e. The van der Waals surface area contributed by atoms with Gasteiger partial charge in [-0.2, -0.15) is 0 Å². The van der Waals surface area contributed by atoms with Crippen LogP contribution in [0.4, 0.5) is 0 Å². The predicted molar refractivity (Wildman–Crippen MR) is 75.2 cm³/mol. The summed E-state index contributed by atoms with van der Waals surface area (Å²) in [5.74, 6) is 5.19. The molecule has 3 atom stereocenters. The average molecular weight is 246 g/mol. The fourth-order valence-corrected chi connectivity index (χ4v) is 5.87. The minimum atomic E-state index is 0.563. The van der Waals surface area contributed by atoms with Crippen LogP contribution in [0.1, 0.15) is 58.8 Å². The van der Waals surface area contributed by atoms with Crippen molar-refractivity contribution in [1.29, 1.82) is 0 Å². The van der Waals surface area contributed by atoms with E-state index in [-0.39, 0.29) is 0 Å². The third-order valence-corrected chi connectivity index (χ3v) is 6.23. The van der Waals surface area contributed by atoms with Crippen molar-refractivity contribution in [2.45, 2.75) is 64.8 Å². The van der Waals surface area contributed by atoms with Gasteiger partial charge in [0.2, 0.25) is 0 Å². The molecule has 0 spiro atoms. The summed E-state index contributed by atoms with van der Waals surface area (Å²) in [5.41, 5.74) is 0.563. The normalized spacial score (nSPS) is 47.7. The first kappa shape index (κ1) is 11.8. The van der Waals surface area contributed by atoms with Gasteiger partial charge in [0.15, 0.2) is 0 Å². The van der Waals surface area contributed by atoms with Gasteiger partial charge < -0.3 is 0 Å². The van der Waals surface area contributed by atoms with E-state index < -0.39 is 0 Å².